The van der Waals surface area contributed by atoms with Crippen molar-refractivity contribution in [3.8, 4) is 5.75 Å². The zero-order chi connectivity index (χ0) is 20.1. The number of morpholine rings is 1. The van der Waals surface area contributed by atoms with E-state index in [1.54, 1.807) is 0 Å². The molecule has 2 aromatic rings. The Labute approximate surface area is 167 Å². The molecule has 3 rings (SSSR count). The van der Waals surface area contributed by atoms with Crippen LogP contribution in [0.15, 0.2) is 47.4 Å². The maximum atomic E-state index is 12.9. The molecule has 1 N–H and O–H groups in total. The number of sulfonamides is 1. The van der Waals surface area contributed by atoms with Gasteiger partial charge in [0.25, 0.3) is 5.91 Å². The monoisotopic (exact) mass is 428 g/mol. The van der Waals surface area contributed by atoms with Crippen LogP contribution in [0.5, 0.6) is 5.75 Å². The summed E-state index contributed by atoms with van der Waals surface area (Å²) in [5.41, 5.74) is 0.268. The molecule has 1 fully saturated rings. The number of benzene rings is 2. The number of halogens is 2. The van der Waals surface area contributed by atoms with Crippen LogP contribution >= 0.6 is 11.6 Å². The lowest BCUT2D eigenvalue weighted by molar-refractivity contribution is -0.118. The van der Waals surface area contributed by atoms with Crippen molar-refractivity contribution in [2.75, 3.05) is 38.2 Å². The average Bonchev–Trinajstić information content (AvgIpc) is 2.69. The van der Waals surface area contributed by atoms with Gasteiger partial charge in [-0.25, -0.2) is 12.8 Å². The normalized spacial score (nSPS) is 15.2. The molecule has 0 atom stereocenters. The van der Waals surface area contributed by atoms with Crippen molar-refractivity contribution in [1.29, 1.82) is 0 Å². The summed E-state index contributed by atoms with van der Waals surface area (Å²) in [5.74, 6) is -0.573. The number of nitrogens with one attached hydrogen (secondary N) is 1. The van der Waals surface area contributed by atoms with Gasteiger partial charge in [0.15, 0.2) is 6.61 Å². The van der Waals surface area contributed by atoms with Crippen molar-refractivity contribution in [2.24, 2.45) is 0 Å². The molecule has 0 aliphatic carbocycles. The molecule has 1 aliphatic heterocycles. The van der Waals surface area contributed by atoms with Crippen molar-refractivity contribution in [2.45, 2.75) is 4.90 Å². The van der Waals surface area contributed by atoms with Gasteiger partial charge in [-0.3, -0.25) is 4.79 Å². The zero-order valence-corrected chi connectivity index (χ0v) is 16.3. The predicted molar refractivity (Wildman–Crippen MR) is 102 cm³/mol. The van der Waals surface area contributed by atoms with Crippen LogP contribution in [0.3, 0.4) is 0 Å². The van der Waals surface area contributed by atoms with E-state index in [4.69, 9.17) is 21.1 Å². The van der Waals surface area contributed by atoms with Gasteiger partial charge in [0, 0.05) is 18.8 Å². The molecular weight excluding hydrogens is 411 g/mol. The number of hydrogen-bond acceptors (Lipinski definition) is 5. The number of amides is 1. The van der Waals surface area contributed by atoms with Crippen molar-refractivity contribution in [3.63, 3.8) is 0 Å². The number of ether oxygens (including phenoxy) is 2. The molecule has 1 heterocycles. The van der Waals surface area contributed by atoms with E-state index >= 15 is 0 Å². The highest BCUT2D eigenvalue weighted by Crippen LogP contribution is 2.28. The summed E-state index contributed by atoms with van der Waals surface area (Å²) in [5, 5.41) is 2.62. The first-order valence-electron chi connectivity index (χ1n) is 8.42. The fourth-order valence-corrected chi connectivity index (χ4v) is 4.49. The molecule has 28 heavy (non-hydrogen) atoms. The molecule has 7 nitrogen and oxygen atoms in total. The topological polar surface area (TPSA) is 84.9 Å². The molecule has 1 aliphatic rings. The molecule has 10 heteroatoms. The minimum atomic E-state index is -3.81. The Morgan fingerprint density at radius 2 is 1.86 bits per heavy atom. The molecule has 0 aromatic heterocycles. The predicted octanol–water partition coefficient (Wildman–Crippen LogP) is 2.52. The van der Waals surface area contributed by atoms with Crippen molar-refractivity contribution in [1.82, 2.24) is 4.31 Å². The molecular formula is C18H18ClFN2O5S. The molecule has 1 saturated heterocycles. The minimum absolute atomic E-state index is 0.0621. The van der Waals surface area contributed by atoms with Crippen molar-refractivity contribution >= 4 is 33.2 Å². The third-order valence-corrected chi connectivity index (χ3v) is 6.37. The molecule has 0 radical (unpaired) electrons. The van der Waals surface area contributed by atoms with Crippen LogP contribution in [-0.2, 0) is 19.6 Å². The first-order chi connectivity index (χ1) is 13.4. The van der Waals surface area contributed by atoms with Gasteiger partial charge in [-0.1, -0.05) is 11.6 Å². The lowest BCUT2D eigenvalue weighted by Gasteiger charge is -2.26. The van der Waals surface area contributed by atoms with Gasteiger partial charge in [-0.15, -0.1) is 0 Å². The molecule has 0 spiro atoms. The summed E-state index contributed by atoms with van der Waals surface area (Å²) in [6.07, 6.45) is 0. The Morgan fingerprint density at radius 1 is 1.18 bits per heavy atom. The van der Waals surface area contributed by atoms with Gasteiger partial charge < -0.3 is 14.8 Å². The van der Waals surface area contributed by atoms with E-state index in [1.807, 2.05) is 0 Å². The molecule has 2 aromatic carbocycles. The third-order valence-electron chi connectivity index (χ3n) is 3.99. The number of nitrogens with zero attached hydrogens (tertiary/aromatic N) is 1. The Bertz CT molecular complexity index is 947. The maximum Gasteiger partial charge on any atom is 0.262 e. The summed E-state index contributed by atoms with van der Waals surface area (Å²) in [6.45, 7) is 0.781. The second kappa shape index (κ2) is 8.87. The number of carbonyl (C=O) groups excluding carboxylic acids is 1. The summed E-state index contributed by atoms with van der Waals surface area (Å²) in [6, 6.07) is 9.45. The van der Waals surface area contributed by atoms with E-state index in [1.165, 1.54) is 46.8 Å². The van der Waals surface area contributed by atoms with Gasteiger partial charge >= 0.3 is 0 Å². The van der Waals surface area contributed by atoms with Crippen LogP contribution in [0.4, 0.5) is 10.1 Å². The number of hydrogen-bond donors (Lipinski definition) is 1. The highest BCUT2D eigenvalue weighted by Gasteiger charge is 2.28. The van der Waals surface area contributed by atoms with Crippen LogP contribution in [0.1, 0.15) is 0 Å². The van der Waals surface area contributed by atoms with Gasteiger partial charge in [0.1, 0.15) is 16.5 Å². The van der Waals surface area contributed by atoms with Crippen molar-refractivity contribution < 1.29 is 27.1 Å². The minimum Gasteiger partial charge on any atom is -0.484 e. The molecule has 150 valence electrons. The standard InChI is InChI=1S/C18H18ClFN2O5S/c19-16-6-3-14(11-17(16)28(24,25)22-7-9-26-10-8-22)21-18(23)12-27-15-4-1-13(20)2-5-15/h1-6,11H,7-10,12H2,(H,21,23). The van der Waals surface area contributed by atoms with E-state index in [9.17, 15) is 17.6 Å². The van der Waals surface area contributed by atoms with Gasteiger partial charge in [-0.05, 0) is 42.5 Å². The highest BCUT2D eigenvalue weighted by atomic mass is 35.5. The SMILES string of the molecule is O=C(COc1ccc(F)cc1)Nc1ccc(Cl)c(S(=O)(=O)N2CCOCC2)c1. The molecule has 1 amide bonds. The third kappa shape index (κ3) is 4.99. The summed E-state index contributed by atoms with van der Waals surface area (Å²) in [4.78, 5) is 12.0. The first kappa shape index (κ1) is 20.5. The summed E-state index contributed by atoms with van der Waals surface area (Å²) >= 11 is 6.09. The highest BCUT2D eigenvalue weighted by molar-refractivity contribution is 7.89. The fourth-order valence-electron chi connectivity index (χ4n) is 2.58. The Balaban J connectivity index is 1.68. The number of carbonyl (C=O) groups is 1. The smallest absolute Gasteiger partial charge is 0.262 e. The van der Waals surface area contributed by atoms with E-state index < -0.39 is 21.7 Å². The number of rotatable bonds is 6. The van der Waals surface area contributed by atoms with Crippen molar-refractivity contribution in [3.05, 3.63) is 53.3 Å². The molecule has 0 unspecified atom stereocenters. The van der Waals surface area contributed by atoms with E-state index in [2.05, 4.69) is 5.32 Å². The average molecular weight is 429 g/mol. The lowest BCUT2D eigenvalue weighted by Crippen LogP contribution is -2.40. The van der Waals surface area contributed by atoms with Crippen LogP contribution in [-0.4, -0.2) is 51.5 Å². The summed E-state index contributed by atoms with van der Waals surface area (Å²) < 4.78 is 50.2. The van der Waals surface area contributed by atoms with E-state index in [0.717, 1.165) is 0 Å². The van der Waals surface area contributed by atoms with Crippen LogP contribution in [0.2, 0.25) is 5.02 Å². The van der Waals surface area contributed by atoms with E-state index in [0.29, 0.717) is 19.0 Å². The molecule has 0 saturated carbocycles. The van der Waals surface area contributed by atoms with Crippen LogP contribution in [0.25, 0.3) is 0 Å². The fraction of sp³-hybridized carbons (Fsp3) is 0.278. The van der Waals surface area contributed by atoms with E-state index in [-0.39, 0.29) is 35.3 Å². The second-order valence-electron chi connectivity index (χ2n) is 5.95. The Hall–Kier alpha value is -2.20. The maximum absolute atomic E-state index is 12.9. The first-order valence-corrected chi connectivity index (χ1v) is 10.2. The zero-order valence-electron chi connectivity index (χ0n) is 14.7. The Morgan fingerprint density at radius 3 is 2.54 bits per heavy atom. The largest absolute Gasteiger partial charge is 0.484 e. The Kier molecular flexibility index (Phi) is 6.50. The van der Waals surface area contributed by atoms with Crippen LogP contribution in [0, 0.1) is 5.82 Å². The summed E-state index contributed by atoms with van der Waals surface area (Å²) in [7, 11) is -3.81. The van der Waals surface area contributed by atoms with Crippen LogP contribution < -0.4 is 10.1 Å². The van der Waals surface area contributed by atoms with Gasteiger partial charge in [-0.2, -0.15) is 4.31 Å². The number of anilines is 1. The second-order valence-corrected chi connectivity index (χ2v) is 8.27. The molecule has 0 bridgehead atoms. The lowest BCUT2D eigenvalue weighted by atomic mass is 10.3. The van der Waals surface area contributed by atoms with Gasteiger partial charge in [0.05, 0.1) is 18.2 Å². The van der Waals surface area contributed by atoms with Gasteiger partial charge in [0.2, 0.25) is 10.0 Å². The quantitative estimate of drug-likeness (QED) is 0.764.